The van der Waals surface area contributed by atoms with Gasteiger partial charge in [0.05, 0.1) is 30.9 Å². The Morgan fingerprint density at radius 3 is 2.71 bits per heavy atom. The number of hydrogen-bond donors (Lipinski definition) is 0. The topological polar surface area (TPSA) is 118 Å². The molecule has 5 heterocycles. The molecule has 0 radical (unpaired) electrons. The molecule has 0 N–H and O–H groups in total. The number of carbonyl (C=O) groups excluding carboxylic acids is 1. The van der Waals surface area contributed by atoms with Gasteiger partial charge < -0.3 is 18.6 Å². The summed E-state index contributed by atoms with van der Waals surface area (Å²) in [6.07, 6.45) is 7.72. The highest BCUT2D eigenvalue weighted by molar-refractivity contribution is 7.88. The molecule has 204 valence electrons. The number of rotatable bonds is 8. The SMILES string of the molecule is CC1CN(S(C)(=O)=O)CCN1Cc1cc2c(=O)n(C)cc(-c3ccncc3OCCN3CCCC3=O)c2o1. The fourth-order valence-corrected chi connectivity index (χ4v) is 6.09. The van der Waals surface area contributed by atoms with Crippen LogP contribution in [0.15, 0.2) is 39.9 Å². The number of aromatic nitrogens is 2. The van der Waals surface area contributed by atoms with E-state index in [1.54, 1.807) is 36.6 Å². The predicted octanol–water partition coefficient (Wildman–Crippen LogP) is 1.66. The number of sulfonamides is 1. The van der Waals surface area contributed by atoms with E-state index in [0.29, 0.717) is 73.8 Å². The first-order valence-electron chi connectivity index (χ1n) is 12.8. The van der Waals surface area contributed by atoms with Crippen molar-refractivity contribution >= 4 is 26.9 Å². The Morgan fingerprint density at radius 1 is 1.18 bits per heavy atom. The van der Waals surface area contributed by atoms with Crippen molar-refractivity contribution in [2.24, 2.45) is 7.05 Å². The number of ether oxygens (including phenoxy) is 1. The number of likely N-dealkylation sites (tertiary alicyclic amines) is 1. The molecule has 1 unspecified atom stereocenters. The molecule has 0 aliphatic carbocycles. The van der Waals surface area contributed by atoms with Crippen molar-refractivity contribution in [2.45, 2.75) is 32.4 Å². The van der Waals surface area contributed by atoms with Crippen LogP contribution in [-0.4, -0.2) is 89.6 Å². The molecule has 0 saturated carbocycles. The van der Waals surface area contributed by atoms with Crippen LogP contribution >= 0.6 is 0 Å². The van der Waals surface area contributed by atoms with Crippen LogP contribution in [0.3, 0.4) is 0 Å². The van der Waals surface area contributed by atoms with Gasteiger partial charge in [-0.05, 0) is 25.5 Å². The fraction of sp³-hybridized carbons (Fsp3) is 0.500. The Balaban J connectivity index is 1.41. The van der Waals surface area contributed by atoms with Crippen molar-refractivity contribution in [1.29, 1.82) is 0 Å². The molecular formula is C26H33N5O6S. The molecule has 0 bridgehead atoms. The van der Waals surface area contributed by atoms with Gasteiger partial charge >= 0.3 is 0 Å². The van der Waals surface area contributed by atoms with E-state index in [-0.39, 0.29) is 17.5 Å². The second kappa shape index (κ2) is 10.5. The first-order chi connectivity index (χ1) is 18.1. The van der Waals surface area contributed by atoms with Gasteiger partial charge in [-0.15, -0.1) is 0 Å². The third-order valence-corrected chi connectivity index (χ3v) is 8.59. The summed E-state index contributed by atoms with van der Waals surface area (Å²) in [5.41, 5.74) is 1.75. The quantitative estimate of drug-likeness (QED) is 0.421. The Kier molecular flexibility index (Phi) is 7.30. The number of aryl methyl sites for hydroxylation is 1. The highest BCUT2D eigenvalue weighted by Gasteiger charge is 2.29. The van der Waals surface area contributed by atoms with Gasteiger partial charge in [-0.3, -0.25) is 19.5 Å². The number of furan rings is 1. The standard InChI is InChI=1S/C26H33N5O6S/c1-18-15-31(38(3,34)35)10-9-30(18)16-19-13-21-25(37-19)22(17-28(2)26(21)33)20-6-7-27-14-23(20)36-12-11-29-8-4-5-24(29)32/h6-7,13-14,17-18H,4-5,8-12,15-16H2,1-3H3. The van der Waals surface area contributed by atoms with Gasteiger partial charge in [0, 0.05) is 69.2 Å². The van der Waals surface area contributed by atoms with E-state index in [1.807, 2.05) is 13.0 Å². The number of pyridine rings is 2. The van der Waals surface area contributed by atoms with Crippen molar-refractivity contribution in [2.75, 3.05) is 45.6 Å². The van der Waals surface area contributed by atoms with Gasteiger partial charge in [0.15, 0.2) is 0 Å². The Hall–Kier alpha value is -3.22. The third kappa shape index (κ3) is 5.33. The van der Waals surface area contributed by atoms with E-state index >= 15 is 0 Å². The number of fused-ring (bicyclic) bond motifs is 1. The first-order valence-corrected chi connectivity index (χ1v) is 14.6. The molecule has 3 aromatic heterocycles. The van der Waals surface area contributed by atoms with Crippen molar-refractivity contribution in [3.05, 3.63) is 46.8 Å². The number of carbonyl (C=O) groups is 1. The van der Waals surface area contributed by atoms with E-state index in [4.69, 9.17) is 9.15 Å². The smallest absolute Gasteiger partial charge is 0.261 e. The predicted molar refractivity (Wildman–Crippen MR) is 142 cm³/mol. The summed E-state index contributed by atoms with van der Waals surface area (Å²) in [6, 6.07) is 3.60. The molecular weight excluding hydrogens is 510 g/mol. The summed E-state index contributed by atoms with van der Waals surface area (Å²) in [4.78, 5) is 33.1. The highest BCUT2D eigenvalue weighted by Crippen LogP contribution is 2.35. The molecule has 11 nitrogen and oxygen atoms in total. The number of piperazine rings is 1. The Labute approximate surface area is 221 Å². The van der Waals surface area contributed by atoms with Crippen molar-refractivity contribution < 1.29 is 22.4 Å². The second-order valence-corrected chi connectivity index (χ2v) is 12.0. The largest absolute Gasteiger partial charge is 0.489 e. The van der Waals surface area contributed by atoms with Crippen LogP contribution in [0.2, 0.25) is 0 Å². The van der Waals surface area contributed by atoms with E-state index in [1.165, 1.54) is 15.1 Å². The van der Waals surface area contributed by atoms with Crippen molar-refractivity contribution in [3.8, 4) is 16.9 Å². The molecule has 2 aliphatic rings. The summed E-state index contributed by atoms with van der Waals surface area (Å²) in [5, 5.41) is 0.466. The molecule has 3 aromatic rings. The van der Waals surface area contributed by atoms with Gasteiger partial charge in [-0.25, -0.2) is 8.42 Å². The van der Waals surface area contributed by atoms with E-state index in [0.717, 1.165) is 18.5 Å². The Morgan fingerprint density at radius 2 is 2.00 bits per heavy atom. The maximum atomic E-state index is 13.0. The zero-order valence-electron chi connectivity index (χ0n) is 21.9. The van der Waals surface area contributed by atoms with E-state index < -0.39 is 10.0 Å². The maximum absolute atomic E-state index is 13.0. The molecule has 1 atom stereocenters. The second-order valence-electron chi connectivity index (χ2n) is 10.1. The normalized spacial score (nSPS) is 19.5. The summed E-state index contributed by atoms with van der Waals surface area (Å²) in [7, 11) is -1.54. The number of hydrogen-bond acceptors (Lipinski definition) is 8. The molecule has 0 spiro atoms. The van der Waals surface area contributed by atoms with E-state index in [2.05, 4.69) is 9.88 Å². The van der Waals surface area contributed by atoms with Gasteiger partial charge in [0.2, 0.25) is 15.9 Å². The minimum Gasteiger partial charge on any atom is -0.489 e. The van der Waals surface area contributed by atoms with Gasteiger partial charge in [0.1, 0.15) is 23.7 Å². The molecule has 2 aliphatic heterocycles. The monoisotopic (exact) mass is 543 g/mol. The summed E-state index contributed by atoms with van der Waals surface area (Å²) >= 11 is 0. The average Bonchev–Trinajstić information content (AvgIpc) is 3.49. The maximum Gasteiger partial charge on any atom is 0.261 e. The lowest BCUT2D eigenvalue weighted by Gasteiger charge is -2.38. The third-order valence-electron chi connectivity index (χ3n) is 7.32. The Bertz CT molecular complexity index is 1510. The molecule has 12 heteroatoms. The van der Waals surface area contributed by atoms with Crippen LogP contribution in [0.1, 0.15) is 25.5 Å². The minimum atomic E-state index is -3.24. The molecule has 5 rings (SSSR count). The fourth-order valence-electron chi connectivity index (χ4n) is 5.19. The molecule has 2 saturated heterocycles. The van der Waals surface area contributed by atoms with Crippen LogP contribution in [0.5, 0.6) is 5.75 Å². The molecule has 38 heavy (non-hydrogen) atoms. The van der Waals surface area contributed by atoms with Crippen LogP contribution in [0, 0.1) is 0 Å². The molecule has 2 fully saturated rings. The number of amides is 1. The average molecular weight is 544 g/mol. The summed E-state index contributed by atoms with van der Waals surface area (Å²) < 4.78 is 39.2. The van der Waals surface area contributed by atoms with Crippen molar-refractivity contribution in [1.82, 2.24) is 23.7 Å². The lowest BCUT2D eigenvalue weighted by atomic mass is 10.1. The van der Waals surface area contributed by atoms with Gasteiger partial charge in [0.25, 0.3) is 5.56 Å². The minimum absolute atomic E-state index is 0.00307. The van der Waals surface area contributed by atoms with Crippen LogP contribution in [0.25, 0.3) is 22.1 Å². The van der Waals surface area contributed by atoms with Gasteiger partial charge in [-0.1, -0.05) is 0 Å². The lowest BCUT2D eigenvalue weighted by Crippen LogP contribution is -2.52. The zero-order valence-corrected chi connectivity index (χ0v) is 22.7. The van der Waals surface area contributed by atoms with Gasteiger partial charge in [-0.2, -0.15) is 4.31 Å². The summed E-state index contributed by atoms with van der Waals surface area (Å²) in [5.74, 6) is 1.32. The number of nitrogens with zero attached hydrogens (tertiary/aromatic N) is 5. The lowest BCUT2D eigenvalue weighted by molar-refractivity contribution is -0.128. The van der Waals surface area contributed by atoms with Crippen molar-refractivity contribution in [3.63, 3.8) is 0 Å². The highest BCUT2D eigenvalue weighted by atomic mass is 32.2. The van der Waals surface area contributed by atoms with Crippen LogP contribution in [-0.2, 0) is 28.4 Å². The molecule has 0 aromatic carbocycles. The molecule has 1 amide bonds. The van der Waals surface area contributed by atoms with E-state index in [9.17, 15) is 18.0 Å². The van der Waals surface area contributed by atoms with Crippen LogP contribution in [0.4, 0.5) is 0 Å². The first kappa shape index (κ1) is 26.4. The summed E-state index contributed by atoms with van der Waals surface area (Å²) in [6.45, 7) is 5.43. The van der Waals surface area contributed by atoms with Crippen LogP contribution < -0.4 is 10.3 Å². The zero-order chi connectivity index (χ0) is 27.0.